The molecular formula is C15H22N2O2S. The first-order chi connectivity index (χ1) is 9.32. The summed E-state index contributed by atoms with van der Waals surface area (Å²) in [4.78, 5) is 11.8. The van der Waals surface area contributed by atoms with E-state index in [-0.39, 0.29) is 5.91 Å². The third-order valence-corrected chi connectivity index (χ3v) is 2.70. The molecule has 0 aliphatic heterocycles. The van der Waals surface area contributed by atoms with E-state index in [0.717, 1.165) is 17.9 Å². The molecule has 0 unspecified atom stereocenters. The second-order valence-electron chi connectivity index (χ2n) is 5.53. The fourth-order valence-electron chi connectivity index (χ4n) is 1.31. The van der Waals surface area contributed by atoms with Crippen molar-refractivity contribution in [3.8, 4) is 5.75 Å². The Morgan fingerprint density at radius 3 is 2.35 bits per heavy atom. The van der Waals surface area contributed by atoms with Gasteiger partial charge in [-0.05, 0) is 42.9 Å². The van der Waals surface area contributed by atoms with Gasteiger partial charge in [-0.1, -0.05) is 27.7 Å². The van der Waals surface area contributed by atoms with Crippen molar-refractivity contribution in [1.82, 2.24) is 5.32 Å². The third kappa shape index (κ3) is 5.57. The van der Waals surface area contributed by atoms with Gasteiger partial charge in [-0.15, -0.1) is 0 Å². The molecule has 0 fully saturated rings. The van der Waals surface area contributed by atoms with Crippen LogP contribution >= 0.6 is 12.2 Å². The molecule has 5 heteroatoms. The van der Waals surface area contributed by atoms with E-state index in [1.165, 1.54) is 0 Å². The molecule has 0 saturated carbocycles. The molecule has 1 aromatic carbocycles. The Labute approximate surface area is 125 Å². The Balaban J connectivity index is 2.52. The van der Waals surface area contributed by atoms with Crippen LogP contribution in [0.5, 0.6) is 5.75 Å². The zero-order valence-electron chi connectivity index (χ0n) is 12.4. The lowest BCUT2D eigenvalue weighted by molar-refractivity contribution is -0.126. The highest BCUT2D eigenvalue weighted by Gasteiger charge is 2.21. The Morgan fingerprint density at radius 2 is 1.85 bits per heavy atom. The maximum Gasteiger partial charge on any atom is 0.231 e. The van der Waals surface area contributed by atoms with Gasteiger partial charge in [-0.25, -0.2) is 0 Å². The van der Waals surface area contributed by atoms with Gasteiger partial charge in [0.1, 0.15) is 5.75 Å². The van der Waals surface area contributed by atoms with Crippen molar-refractivity contribution in [3.05, 3.63) is 24.3 Å². The summed E-state index contributed by atoms with van der Waals surface area (Å²) in [6.07, 6.45) is 0.975. The topological polar surface area (TPSA) is 50.4 Å². The Bertz CT molecular complexity index is 464. The summed E-state index contributed by atoms with van der Waals surface area (Å²) >= 11 is 5.11. The summed E-state index contributed by atoms with van der Waals surface area (Å²) in [6, 6.07) is 7.46. The number of ether oxygens (including phenoxy) is 1. The fraction of sp³-hybridized carbons (Fsp3) is 0.467. The first-order valence-corrected chi connectivity index (χ1v) is 7.09. The van der Waals surface area contributed by atoms with Crippen LogP contribution in [-0.4, -0.2) is 17.6 Å². The van der Waals surface area contributed by atoms with Crippen molar-refractivity contribution >= 4 is 28.9 Å². The number of hydrogen-bond donors (Lipinski definition) is 2. The number of rotatable bonds is 4. The number of nitrogens with one attached hydrogen (secondary N) is 2. The van der Waals surface area contributed by atoms with E-state index >= 15 is 0 Å². The monoisotopic (exact) mass is 294 g/mol. The lowest BCUT2D eigenvalue weighted by Gasteiger charge is -2.18. The van der Waals surface area contributed by atoms with Gasteiger partial charge >= 0.3 is 0 Å². The minimum absolute atomic E-state index is 0.113. The maximum absolute atomic E-state index is 11.8. The number of anilines is 1. The molecule has 2 N–H and O–H groups in total. The average molecular weight is 294 g/mol. The smallest absolute Gasteiger partial charge is 0.231 e. The Morgan fingerprint density at radius 1 is 1.25 bits per heavy atom. The molecule has 0 saturated heterocycles. The van der Waals surface area contributed by atoms with Gasteiger partial charge in [0, 0.05) is 11.1 Å². The average Bonchev–Trinajstić information content (AvgIpc) is 2.36. The molecule has 0 aromatic heterocycles. The van der Waals surface area contributed by atoms with Crippen LogP contribution in [0.1, 0.15) is 34.1 Å². The molecule has 0 spiro atoms. The van der Waals surface area contributed by atoms with E-state index < -0.39 is 5.41 Å². The molecule has 20 heavy (non-hydrogen) atoms. The van der Waals surface area contributed by atoms with E-state index in [4.69, 9.17) is 17.0 Å². The van der Waals surface area contributed by atoms with Gasteiger partial charge in [-0.3, -0.25) is 4.79 Å². The number of carbonyl (C=O) groups excluding carboxylic acids is 1. The van der Waals surface area contributed by atoms with Gasteiger partial charge in [0.2, 0.25) is 5.91 Å². The maximum atomic E-state index is 11.8. The first kappa shape index (κ1) is 16.4. The van der Waals surface area contributed by atoms with Crippen LogP contribution in [0.4, 0.5) is 5.69 Å². The molecule has 0 atom stereocenters. The van der Waals surface area contributed by atoms with Crippen molar-refractivity contribution in [2.24, 2.45) is 5.41 Å². The zero-order chi connectivity index (χ0) is 15.2. The lowest BCUT2D eigenvalue weighted by Crippen LogP contribution is -2.41. The molecule has 0 heterocycles. The summed E-state index contributed by atoms with van der Waals surface area (Å²) in [7, 11) is 0. The predicted molar refractivity (Wildman–Crippen MR) is 86.0 cm³/mol. The molecular weight excluding hydrogens is 272 g/mol. The van der Waals surface area contributed by atoms with Crippen molar-refractivity contribution in [2.75, 3.05) is 11.9 Å². The molecule has 0 radical (unpaired) electrons. The summed E-state index contributed by atoms with van der Waals surface area (Å²) < 4.78 is 5.49. The minimum Gasteiger partial charge on any atom is -0.494 e. The van der Waals surface area contributed by atoms with Crippen LogP contribution < -0.4 is 15.4 Å². The lowest BCUT2D eigenvalue weighted by atomic mass is 9.96. The van der Waals surface area contributed by atoms with Crippen LogP contribution in [0.25, 0.3) is 0 Å². The molecule has 1 amide bonds. The third-order valence-electron chi connectivity index (χ3n) is 2.49. The number of thiocarbonyl (C=S) groups is 1. The van der Waals surface area contributed by atoms with Crippen molar-refractivity contribution in [1.29, 1.82) is 0 Å². The predicted octanol–water partition coefficient (Wildman–Crippen LogP) is 3.33. The zero-order valence-corrected chi connectivity index (χ0v) is 13.3. The largest absolute Gasteiger partial charge is 0.494 e. The van der Waals surface area contributed by atoms with Gasteiger partial charge < -0.3 is 15.4 Å². The molecule has 1 aromatic rings. The van der Waals surface area contributed by atoms with Crippen molar-refractivity contribution in [3.63, 3.8) is 0 Å². The van der Waals surface area contributed by atoms with Gasteiger partial charge in [0.15, 0.2) is 5.11 Å². The van der Waals surface area contributed by atoms with Crippen LogP contribution in [0.2, 0.25) is 0 Å². The van der Waals surface area contributed by atoms with Crippen molar-refractivity contribution < 1.29 is 9.53 Å². The summed E-state index contributed by atoms with van der Waals surface area (Å²) in [5.41, 5.74) is 0.344. The van der Waals surface area contributed by atoms with E-state index in [0.29, 0.717) is 11.7 Å². The molecule has 0 aliphatic rings. The summed E-state index contributed by atoms with van der Waals surface area (Å²) in [6.45, 7) is 8.28. The van der Waals surface area contributed by atoms with Crippen LogP contribution in [0.15, 0.2) is 24.3 Å². The minimum atomic E-state index is -0.469. The highest BCUT2D eigenvalue weighted by molar-refractivity contribution is 7.80. The van der Waals surface area contributed by atoms with Crippen LogP contribution in [0, 0.1) is 5.41 Å². The summed E-state index contributed by atoms with van der Waals surface area (Å²) in [5.74, 6) is 0.708. The van der Waals surface area contributed by atoms with Crippen molar-refractivity contribution in [2.45, 2.75) is 34.1 Å². The molecule has 0 bridgehead atoms. The number of hydrogen-bond acceptors (Lipinski definition) is 3. The number of amides is 1. The molecule has 0 aliphatic carbocycles. The molecule has 110 valence electrons. The standard InChI is InChI=1S/C15H22N2O2S/c1-5-10-19-12-8-6-11(7-9-12)16-14(20)17-13(18)15(2,3)4/h6-9H,5,10H2,1-4H3,(H2,16,17,18,20). The highest BCUT2D eigenvalue weighted by Crippen LogP contribution is 2.16. The Hall–Kier alpha value is -1.62. The second kappa shape index (κ2) is 7.24. The van der Waals surface area contributed by atoms with Crippen LogP contribution in [-0.2, 0) is 4.79 Å². The van der Waals surface area contributed by atoms with Gasteiger partial charge in [-0.2, -0.15) is 0 Å². The van der Waals surface area contributed by atoms with E-state index in [9.17, 15) is 4.79 Å². The quantitative estimate of drug-likeness (QED) is 0.836. The van der Waals surface area contributed by atoms with E-state index in [1.807, 2.05) is 45.0 Å². The Kier molecular flexibility index (Phi) is 5.95. The van der Waals surface area contributed by atoms with Crippen LogP contribution in [0.3, 0.4) is 0 Å². The normalized spacial score (nSPS) is 10.8. The van der Waals surface area contributed by atoms with Gasteiger partial charge in [0.05, 0.1) is 6.61 Å². The highest BCUT2D eigenvalue weighted by atomic mass is 32.1. The molecule has 1 rings (SSSR count). The molecule has 4 nitrogen and oxygen atoms in total. The summed E-state index contributed by atoms with van der Waals surface area (Å²) in [5, 5.41) is 5.94. The SMILES string of the molecule is CCCOc1ccc(NC(=S)NC(=O)C(C)(C)C)cc1. The van der Waals surface area contributed by atoms with Gasteiger partial charge in [0.25, 0.3) is 0 Å². The second-order valence-corrected chi connectivity index (χ2v) is 5.94. The fourth-order valence-corrected chi connectivity index (χ4v) is 1.52. The number of benzene rings is 1. The number of carbonyl (C=O) groups is 1. The van der Waals surface area contributed by atoms with E-state index in [1.54, 1.807) is 0 Å². The first-order valence-electron chi connectivity index (χ1n) is 6.68. The van der Waals surface area contributed by atoms with E-state index in [2.05, 4.69) is 17.6 Å².